The van der Waals surface area contributed by atoms with Crippen LogP contribution in [0.1, 0.15) is 66.8 Å². The van der Waals surface area contributed by atoms with Gasteiger partial charge in [0.2, 0.25) is 0 Å². The maximum absolute atomic E-state index is 2.33. The predicted octanol–water partition coefficient (Wildman–Crippen LogP) is 20.7. The van der Waals surface area contributed by atoms with Crippen LogP contribution >= 0.6 is 0 Å². The molecule has 13 rings (SSSR count). The summed E-state index contributed by atoms with van der Waals surface area (Å²) in [4.78, 5) is 0. The SMILES string of the molecule is Cc1ccc(-c2ccc(C)cc2)cc1.Cc1ccc2c(c1)CCc1cc(C)ccc1-2.Cc1ccc2cc(C)ccc2c1.Cc1ccc2cc3cc(C)ccc3cc2c1.Cc1cccc2cc3cccc(C)c3cc12. The summed E-state index contributed by atoms with van der Waals surface area (Å²) in [5.74, 6) is 0. The Hall–Kier alpha value is -8.06. The molecule has 0 heterocycles. The molecular weight excluding hydrogens is 889 g/mol. The molecule has 0 aliphatic heterocycles. The fourth-order valence-corrected chi connectivity index (χ4v) is 10.2. The molecule has 0 saturated heterocycles. The molecule has 0 N–H and O–H groups in total. The van der Waals surface area contributed by atoms with Crippen molar-refractivity contribution in [2.45, 2.75) is 82.1 Å². The highest BCUT2D eigenvalue weighted by atomic mass is 14.2. The van der Waals surface area contributed by atoms with Crippen LogP contribution < -0.4 is 0 Å². The molecule has 0 saturated carbocycles. The lowest BCUT2D eigenvalue weighted by Crippen LogP contribution is -2.04. The zero-order chi connectivity index (χ0) is 51.9. The normalized spacial score (nSPS) is 11.3. The molecule has 0 amide bonds. The molecule has 0 bridgehead atoms. The van der Waals surface area contributed by atoms with E-state index >= 15 is 0 Å². The zero-order valence-corrected chi connectivity index (χ0v) is 45.2. The largest absolute Gasteiger partial charge is 0.0614 e. The van der Waals surface area contributed by atoms with E-state index in [0.29, 0.717) is 0 Å². The third-order valence-electron chi connectivity index (χ3n) is 14.5. The van der Waals surface area contributed by atoms with Crippen LogP contribution in [0.3, 0.4) is 0 Å². The molecule has 12 aromatic rings. The molecule has 12 aromatic carbocycles. The summed E-state index contributed by atoms with van der Waals surface area (Å²) >= 11 is 0. The van der Waals surface area contributed by atoms with Crippen molar-refractivity contribution in [3.63, 3.8) is 0 Å². The molecule has 0 fully saturated rings. The second kappa shape index (κ2) is 22.8. The fourth-order valence-electron chi connectivity index (χ4n) is 10.2. The first-order valence-corrected chi connectivity index (χ1v) is 26.3. The summed E-state index contributed by atoms with van der Waals surface area (Å²) in [5.41, 5.74) is 21.8. The second-order valence-corrected chi connectivity index (χ2v) is 20.9. The van der Waals surface area contributed by atoms with Gasteiger partial charge < -0.3 is 0 Å². The Morgan fingerprint density at radius 1 is 0.216 bits per heavy atom. The molecule has 366 valence electrons. The summed E-state index contributed by atoms with van der Waals surface area (Å²) in [6.45, 7) is 21.4. The van der Waals surface area contributed by atoms with E-state index in [1.54, 1.807) is 0 Å². The maximum Gasteiger partial charge on any atom is -0.0148 e. The Balaban J connectivity index is 0.000000114. The Morgan fingerprint density at radius 2 is 0.514 bits per heavy atom. The van der Waals surface area contributed by atoms with Crippen LogP contribution in [0.15, 0.2) is 218 Å². The highest BCUT2D eigenvalue weighted by Gasteiger charge is 2.15. The number of hydrogen-bond donors (Lipinski definition) is 0. The van der Waals surface area contributed by atoms with Gasteiger partial charge in [0, 0.05) is 0 Å². The summed E-state index contributed by atoms with van der Waals surface area (Å²) in [7, 11) is 0. The minimum atomic E-state index is 1.19. The number of aryl methyl sites for hydroxylation is 12. The molecule has 0 heteroatoms. The maximum atomic E-state index is 2.33. The van der Waals surface area contributed by atoms with Gasteiger partial charge in [0.25, 0.3) is 0 Å². The van der Waals surface area contributed by atoms with Gasteiger partial charge in [-0.3, -0.25) is 0 Å². The smallest absolute Gasteiger partial charge is 0.0148 e. The third-order valence-corrected chi connectivity index (χ3v) is 14.5. The number of benzene rings is 12. The van der Waals surface area contributed by atoms with Crippen molar-refractivity contribution in [3.8, 4) is 22.3 Å². The lowest BCUT2D eigenvalue weighted by atomic mass is 9.84. The highest BCUT2D eigenvalue weighted by Crippen LogP contribution is 2.35. The highest BCUT2D eigenvalue weighted by molar-refractivity contribution is 6.01. The molecule has 1 aliphatic rings. The van der Waals surface area contributed by atoms with Crippen LogP contribution in [0.2, 0.25) is 0 Å². The van der Waals surface area contributed by atoms with Gasteiger partial charge in [-0.1, -0.05) is 239 Å². The zero-order valence-electron chi connectivity index (χ0n) is 45.2. The van der Waals surface area contributed by atoms with Crippen molar-refractivity contribution < 1.29 is 0 Å². The lowest BCUT2D eigenvalue weighted by Gasteiger charge is -2.20. The molecule has 0 atom stereocenters. The van der Waals surface area contributed by atoms with Crippen molar-refractivity contribution >= 4 is 53.9 Å². The van der Waals surface area contributed by atoms with Gasteiger partial charge in [-0.15, -0.1) is 0 Å². The summed E-state index contributed by atoms with van der Waals surface area (Å²) < 4.78 is 0. The molecule has 0 spiro atoms. The van der Waals surface area contributed by atoms with E-state index in [0.717, 1.165) is 0 Å². The van der Waals surface area contributed by atoms with E-state index in [1.807, 2.05) is 0 Å². The number of rotatable bonds is 1. The van der Waals surface area contributed by atoms with Gasteiger partial charge >= 0.3 is 0 Å². The minimum absolute atomic E-state index is 1.19. The van der Waals surface area contributed by atoms with Gasteiger partial charge in [0.05, 0.1) is 0 Å². The summed E-state index contributed by atoms with van der Waals surface area (Å²) in [6, 6.07) is 79.3. The van der Waals surface area contributed by atoms with E-state index in [2.05, 4.69) is 288 Å². The Bertz CT molecular complexity index is 3670. The van der Waals surface area contributed by atoms with Crippen LogP contribution in [0.4, 0.5) is 0 Å². The fraction of sp³-hybridized carbons (Fsp3) is 0.162. The van der Waals surface area contributed by atoms with Gasteiger partial charge in [0.1, 0.15) is 0 Å². The summed E-state index contributed by atoms with van der Waals surface area (Å²) in [5, 5.41) is 13.4. The van der Waals surface area contributed by atoms with Crippen LogP contribution in [0, 0.1) is 69.2 Å². The molecule has 1 aliphatic carbocycles. The van der Waals surface area contributed by atoms with E-state index < -0.39 is 0 Å². The van der Waals surface area contributed by atoms with Crippen molar-refractivity contribution in [2.24, 2.45) is 0 Å². The molecule has 74 heavy (non-hydrogen) atoms. The first-order valence-electron chi connectivity index (χ1n) is 26.3. The molecule has 0 unspecified atom stereocenters. The van der Waals surface area contributed by atoms with Crippen LogP contribution in [-0.4, -0.2) is 0 Å². The quantitative estimate of drug-likeness (QED) is 0.144. The van der Waals surface area contributed by atoms with Crippen molar-refractivity contribution in [1.29, 1.82) is 0 Å². The Morgan fingerprint density at radius 3 is 0.892 bits per heavy atom. The molecular formula is C74H70. The first-order chi connectivity index (χ1) is 35.7. The van der Waals surface area contributed by atoms with Crippen LogP contribution in [0.5, 0.6) is 0 Å². The topological polar surface area (TPSA) is 0 Å². The van der Waals surface area contributed by atoms with E-state index in [-0.39, 0.29) is 0 Å². The standard InChI is InChI=1S/C16H16.2C16H14.C14H14.C12H12/c1-11-3-7-15-13(9-11)5-6-14-10-12(2)4-8-16(14)15;1-11-3-5-13-10-16-8-12(2)4-6-14(16)9-15(13)7-11;1-11-5-3-7-13-9-14-8-4-6-12(2)16(14)10-15(11)13;1-11-3-7-13(8-4-11)14-9-5-12(2)6-10-14;1-9-3-5-12-8-10(2)4-6-11(12)7-9/h3-4,7-10H,5-6H2,1-2H3;2*3-10H,1-2H3;3-10H,1-2H3;3-8H,1-2H3. The minimum Gasteiger partial charge on any atom is -0.0614 e. The van der Waals surface area contributed by atoms with Gasteiger partial charge in [-0.25, -0.2) is 0 Å². The Labute approximate surface area is 441 Å². The molecule has 0 radical (unpaired) electrons. The summed E-state index contributed by atoms with van der Waals surface area (Å²) in [6.07, 6.45) is 2.38. The average molecular weight is 959 g/mol. The first kappa shape index (κ1) is 50.9. The van der Waals surface area contributed by atoms with Crippen LogP contribution in [-0.2, 0) is 12.8 Å². The van der Waals surface area contributed by atoms with Gasteiger partial charge in [0.15, 0.2) is 0 Å². The average Bonchev–Trinajstić information content (AvgIpc) is 3.39. The van der Waals surface area contributed by atoms with Crippen LogP contribution in [0.25, 0.3) is 76.1 Å². The molecule has 0 nitrogen and oxygen atoms in total. The Kier molecular flexibility index (Phi) is 15.7. The van der Waals surface area contributed by atoms with Crippen molar-refractivity contribution in [3.05, 3.63) is 285 Å². The number of hydrogen-bond acceptors (Lipinski definition) is 0. The predicted molar refractivity (Wildman–Crippen MR) is 325 cm³/mol. The van der Waals surface area contributed by atoms with E-state index in [9.17, 15) is 0 Å². The monoisotopic (exact) mass is 959 g/mol. The lowest BCUT2D eigenvalue weighted by molar-refractivity contribution is 0.937. The van der Waals surface area contributed by atoms with Crippen molar-refractivity contribution in [2.75, 3.05) is 0 Å². The third kappa shape index (κ3) is 12.4. The van der Waals surface area contributed by atoms with Crippen molar-refractivity contribution in [1.82, 2.24) is 0 Å². The second-order valence-electron chi connectivity index (χ2n) is 20.9. The van der Waals surface area contributed by atoms with E-state index in [1.165, 1.54) is 156 Å². The molecule has 0 aromatic heterocycles. The van der Waals surface area contributed by atoms with E-state index in [4.69, 9.17) is 0 Å². The number of fused-ring (bicyclic) bond motifs is 8. The van der Waals surface area contributed by atoms with Gasteiger partial charge in [-0.05, 0) is 205 Å². The van der Waals surface area contributed by atoms with Gasteiger partial charge in [-0.2, -0.15) is 0 Å².